The lowest BCUT2D eigenvalue weighted by molar-refractivity contribution is -0.0607. The maximum absolute atomic E-state index is 11.0. The lowest BCUT2D eigenvalue weighted by Gasteiger charge is -2.47. The summed E-state index contributed by atoms with van der Waals surface area (Å²) in [5.41, 5.74) is 6.16. The zero-order chi connectivity index (χ0) is 13.9. The summed E-state index contributed by atoms with van der Waals surface area (Å²) in [7, 11) is 0. The van der Waals surface area contributed by atoms with Crippen LogP contribution in [0.2, 0.25) is 0 Å². The van der Waals surface area contributed by atoms with Crippen molar-refractivity contribution in [3.8, 4) is 0 Å². The quantitative estimate of drug-likeness (QED) is 0.815. The number of hydrogen-bond acceptors (Lipinski definition) is 2. The van der Waals surface area contributed by atoms with Crippen molar-refractivity contribution >= 4 is 0 Å². The predicted molar refractivity (Wildman–Crippen MR) is 80.9 cm³/mol. The highest BCUT2D eigenvalue weighted by Crippen LogP contribution is 2.47. The molecule has 2 aliphatic rings. The third-order valence-electron chi connectivity index (χ3n) is 6.10. The van der Waals surface area contributed by atoms with Gasteiger partial charge in [0.05, 0.1) is 6.10 Å². The minimum absolute atomic E-state index is 0.0319. The Morgan fingerprint density at radius 1 is 1.21 bits per heavy atom. The maximum atomic E-state index is 11.0. The molecule has 3 unspecified atom stereocenters. The minimum atomic E-state index is -0.153. The van der Waals surface area contributed by atoms with Crippen molar-refractivity contribution in [3.05, 3.63) is 0 Å². The van der Waals surface area contributed by atoms with Gasteiger partial charge in [-0.25, -0.2) is 0 Å². The molecule has 0 radical (unpaired) electrons. The second-order valence-corrected chi connectivity index (χ2v) is 7.40. The molecule has 0 heterocycles. The van der Waals surface area contributed by atoms with Crippen molar-refractivity contribution in [1.82, 2.24) is 0 Å². The normalized spacial score (nSPS) is 42.0. The van der Waals surface area contributed by atoms with E-state index in [4.69, 9.17) is 5.73 Å². The van der Waals surface area contributed by atoms with E-state index in [-0.39, 0.29) is 11.5 Å². The van der Waals surface area contributed by atoms with Crippen molar-refractivity contribution in [2.75, 3.05) is 6.54 Å². The summed E-state index contributed by atoms with van der Waals surface area (Å²) >= 11 is 0. The van der Waals surface area contributed by atoms with Gasteiger partial charge in [-0.05, 0) is 43.4 Å². The van der Waals surface area contributed by atoms with Crippen molar-refractivity contribution < 1.29 is 5.11 Å². The second kappa shape index (κ2) is 6.58. The van der Waals surface area contributed by atoms with Gasteiger partial charge < -0.3 is 10.8 Å². The largest absolute Gasteiger partial charge is 0.392 e. The Bertz CT molecular complexity index is 272. The number of rotatable bonds is 4. The topological polar surface area (TPSA) is 46.2 Å². The summed E-state index contributed by atoms with van der Waals surface area (Å²) in [6.45, 7) is 5.30. The van der Waals surface area contributed by atoms with E-state index in [1.54, 1.807) is 0 Å². The lowest BCUT2D eigenvalue weighted by Crippen LogP contribution is -2.49. The van der Waals surface area contributed by atoms with Crippen LogP contribution in [-0.2, 0) is 0 Å². The summed E-state index contributed by atoms with van der Waals surface area (Å²) in [6, 6.07) is 0. The monoisotopic (exact) mass is 267 g/mol. The summed E-state index contributed by atoms with van der Waals surface area (Å²) in [6.07, 6.45) is 11.0. The Morgan fingerprint density at radius 3 is 2.47 bits per heavy atom. The first kappa shape index (κ1) is 15.3. The van der Waals surface area contributed by atoms with E-state index in [1.165, 1.54) is 44.9 Å². The van der Waals surface area contributed by atoms with Crippen molar-refractivity contribution in [1.29, 1.82) is 0 Å². The first-order valence-corrected chi connectivity index (χ1v) is 8.49. The SMILES string of the molecule is CCC1CCCC(CN)(C(O)C2CCC(C)CC2)C1. The van der Waals surface area contributed by atoms with Crippen LogP contribution in [0, 0.1) is 23.2 Å². The summed E-state index contributed by atoms with van der Waals surface area (Å²) < 4.78 is 0. The molecule has 2 aliphatic carbocycles. The van der Waals surface area contributed by atoms with Crippen LogP contribution in [0.3, 0.4) is 0 Å². The lowest BCUT2D eigenvalue weighted by atomic mass is 9.61. The fourth-order valence-corrected chi connectivity index (χ4v) is 4.55. The number of aliphatic hydroxyl groups is 1. The van der Waals surface area contributed by atoms with E-state index in [0.29, 0.717) is 12.5 Å². The molecular weight excluding hydrogens is 234 g/mol. The van der Waals surface area contributed by atoms with Crippen LogP contribution in [-0.4, -0.2) is 17.8 Å². The van der Waals surface area contributed by atoms with Gasteiger partial charge in [0, 0.05) is 12.0 Å². The van der Waals surface area contributed by atoms with Gasteiger partial charge in [0.1, 0.15) is 0 Å². The van der Waals surface area contributed by atoms with E-state index >= 15 is 0 Å². The van der Waals surface area contributed by atoms with E-state index < -0.39 is 0 Å². The Balaban J connectivity index is 2.03. The zero-order valence-corrected chi connectivity index (χ0v) is 12.9. The van der Waals surface area contributed by atoms with Gasteiger partial charge in [-0.1, -0.05) is 46.0 Å². The van der Waals surface area contributed by atoms with Gasteiger partial charge in [0.2, 0.25) is 0 Å². The fraction of sp³-hybridized carbons (Fsp3) is 1.00. The van der Waals surface area contributed by atoms with Crippen LogP contribution >= 0.6 is 0 Å². The molecule has 19 heavy (non-hydrogen) atoms. The molecule has 2 rings (SSSR count). The van der Waals surface area contributed by atoms with Crippen molar-refractivity contribution in [3.63, 3.8) is 0 Å². The van der Waals surface area contributed by atoms with Crippen molar-refractivity contribution in [2.45, 2.75) is 77.7 Å². The van der Waals surface area contributed by atoms with Gasteiger partial charge in [-0.2, -0.15) is 0 Å². The van der Waals surface area contributed by atoms with Gasteiger partial charge in [-0.3, -0.25) is 0 Å². The molecule has 3 N–H and O–H groups in total. The van der Waals surface area contributed by atoms with Crippen molar-refractivity contribution in [2.24, 2.45) is 28.9 Å². The first-order valence-electron chi connectivity index (χ1n) is 8.49. The smallest absolute Gasteiger partial charge is 0.0636 e. The molecule has 0 amide bonds. The van der Waals surface area contributed by atoms with Gasteiger partial charge in [-0.15, -0.1) is 0 Å². The maximum Gasteiger partial charge on any atom is 0.0636 e. The molecule has 2 fully saturated rings. The molecule has 112 valence electrons. The second-order valence-electron chi connectivity index (χ2n) is 7.40. The molecule has 0 spiro atoms. The number of hydrogen-bond donors (Lipinski definition) is 2. The molecule has 0 aromatic rings. The highest BCUT2D eigenvalue weighted by Gasteiger charge is 2.44. The molecule has 0 aliphatic heterocycles. The molecule has 0 aromatic carbocycles. The number of nitrogens with two attached hydrogens (primary N) is 1. The van der Waals surface area contributed by atoms with E-state index in [9.17, 15) is 5.11 Å². The zero-order valence-electron chi connectivity index (χ0n) is 12.9. The first-order chi connectivity index (χ1) is 9.11. The summed E-state index contributed by atoms with van der Waals surface area (Å²) in [5, 5.41) is 11.0. The van der Waals surface area contributed by atoms with Gasteiger partial charge >= 0.3 is 0 Å². The predicted octanol–water partition coefficient (Wildman–Crippen LogP) is 3.72. The molecule has 0 aromatic heterocycles. The highest BCUT2D eigenvalue weighted by atomic mass is 16.3. The van der Waals surface area contributed by atoms with E-state index in [0.717, 1.165) is 24.7 Å². The van der Waals surface area contributed by atoms with Crippen LogP contribution in [0.25, 0.3) is 0 Å². The van der Waals surface area contributed by atoms with Crippen LogP contribution in [0.15, 0.2) is 0 Å². The molecule has 0 saturated heterocycles. The fourth-order valence-electron chi connectivity index (χ4n) is 4.55. The third-order valence-corrected chi connectivity index (χ3v) is 6.10. The van der Waals surface area contributed by atoms with E-state index in [2.05, 4.69) is 13.8 Å². The molecule has 2 nitrogen and oxygen atoms in total. The van der Waals surface area contributed by atoms with Gasteiger partial charge in [0.25, 0.3) is 0 Å². The van der Waals surface area contributed by atoms with Crippen LogP contribution in [0.4, 0.5) is 0 Å². The standard InChI is InChI=1S/C17H33NO/c1-3-14-5-4-10-17(11-14,12-18)16(19)15-8-6-13(2)7-9-15/h13-16,19H,3-12,18H2,1-2H3. The summed E-state index contributed by atoms with van der Waals surface area (Å²) in [4.78, 5) is 0. The Kier molecular flexibility index (Phi) is 5.30. The van der Waals surface area contributed by atoms with E-state index in [1.807, 2.05) is 0 Å². The van der Waals surface area contributed by atoms with Gasteiger partial charge in [0.15, 0.2) is 0 Å². The van der Waals surface area contributed by atoms with Crippen LogP contribution < -0.4 is 5.73 Å². The Hall–Kier alpha value is -0.0800. The average molecular weight is 267 g/mol. The molecule has 2 heteroatoms. The minimum Gasteiger partial charge on any atom is -0.392 e. The Morgan fingerprint density at radius 2 is 1.89 bits per heavy atom. The number of aliphatic hydroxyl groups excluding tert-OH is 1. The van der Waals surface area contributed by atoms with Crippen LogP contribution in [0.1, 0.15) is 71.6 Å². The van der Waals surface area contributed by atoms with Crippen LogP contribution in [0.5, 0.6) is 0 Å². The summed E-state index contributed by atoms with van der Waals surface area (Å²) in [5.74, 6) is 2.15. The molecule has 3 atom stereocenters. The average Bonchev–Trinajstić information content (AvgIpc) is 2.47. The molecule has 0 bridgehead atoms. The molecular formula is C17H33NO. The molecule has 2 saturated carbocycles. The Labute approximate surface area is 119 Å². The third kappa shape index (κ3) is 3.33. The highest BCUT2D eigenvalue weighted by molar-refractivity contribution is 4.96.